The second-order valence-corrected chi connectivity index (χ2v) is 2.49. The number of aryl methyl sites for hydroxylation is 1. The summed E-state index contributed by atoms with van der Waals surface area (Å²) in [6, 6.07) is 5.04. The van der Waals surface area contributed by atoms with E-state index in [0.717, 1.165) is 5.56 Å². The average Bonchev–Trinajstić information content (AvgIpc) is 1.98. The molecule has 0 fully saturated rings. The van der Waals surface area contributed by atoms with Gasteiger partial charge in [-0.1, -0.05) is 12.1 Å². The summed E-state index contributed by atoms with van der Waals surface area (Å²) in [5.74, 6) is -0.190. The highest BCUT2D eigenvalue weighted by molar-refractivity contribution is 5.57. The Labute approximate surface area is 65.4 Å². The fraction of sp³-hybridized carbons (Fsp3) is 0.222. The van der Waals surface area contributed by atoms with Crippen LogP contribution in [0.1, 0.15) is 11.1 Å². The Bertz CT molecular complexity index is 268. The van der Waals surface area contributed by atoms with Crippen molar-refractivity contribution in [3.05, 3.63) is 35.1 Å². The minimum absolute atomic E-state index is 0.190. The van der Waals surface area contributed by atoms with Crippen molar-refractivity contribution in [3.8, 4) is 0 Å². The summed E-state index contributed by atoms with van der Waals surface area (Å²) in [4.78, 5) is 0. The van der Waals surface area contributed by atoms with Crippen LogP contribution >= 0.6 is 0 Å². The molecule has 0 spiro atoms. The van der Waals surface area contributed by atoms with Gasteiger partial charge in [0.25, 0.3) is 0 Å². The first-order chi connectivity index (χ1) is 5.24. The van der Waals surface area contributed by atoms with Gasteiger partial charge < -0.3 is 5.41 Å². The monoisotopic (exact) mass is 151 g/mol. The molecule has 0 heterocycles. The second kappa shape index (κ2) is 3.28. The third-order valence-electron chi connectivity index (χ3n) is 1.57. The summed E-state index contributed by atoms with van der Waals surface area (Å²) in [5.41, 5.74) is 1.50. The first-order valence-electron chi connectivity index (χ1n) is 3.48. The highest BCUT2D eigenvalue weighted by atomic mass is 19.1. The Hall–Kier alpha value is -1.18. The number of hydrogen-bond donors (Lipinski definition) is 1. The predicted molar refractivity (Wildman–Crippen MR) is 43.6 cm³/mol. The van der Waals surface area contributed by atoms with Crippen LogP contribution in [-0.2, 0) is 6.42 Å². The fourth-order valence-corrected chi connectivity index (χ4v) is 0.881. The molecule has 0 saturated carbocycles. The Balaban J connectivity index is 2.95. The average molecular weight is 151 g/mol. The summed E-state index contributed by atoms with van der Waals surface area (Å²) in [5, 5.41) is 6.82. The zero-order valence-corrected chi connectivity index (χ0v) is 6.39. The standard InChI is InChI=1S/C9H10FN/c1-7-2-3-8(4-5-11)6-9(7)10/h2-3,5-6,11H,4H2,1H3. The number of hydrogen-bond acceptors (Lipinski definition) is 1. The molecule has 0 aliphatic rings. The third kappa shape index (κ3) is 1.87. The first-order valence-corrected chi connectivity index (χ1v) is 3.48. The Morgan fingerprint density at radius 1 is 1.55 bits per heavy atom. The van der Waals surface area contributed by atoms with Crippen LogP contribution in [0.4, 0.5) is 4.39 Å². The van der Waals surface area contributed by atoms with Crippen LogP contribution in [-0.4, -0.2) is 6.21 Å². The van der Waals surface area contributed by atoms with E-state index in [-0.39, 0.29) is 5.82 Å². The Morgan fingerprint density at radius 3 is 2.82 bits per heavy atom. The fourth-order valence-electron chi connectivity index (χ4n) is 0.881. The van der Waals surface area contributed by atoms with Crippen molar-refractivity contribution in [1.29, 1.82) is 5.41 Å². The van der Waals surface area contributed by atoms with Gasteiger partial charge in [0, 0.05) is 6.42 Å². The van der Waals surface area contributed by atoms with E-state index >= 15 is 0 Å². The van der Waals surface area contributed by atoms with Gasteiger partial charge in [-0.05, 0) is 30.3 Å². The lowest BCUT2D eigenvalue weighted by Gasteiger charge is -1.98. The van der Waals surface area contributed by atoms with Crippen molar-refractivity contribution >= 4 is 6.21 Å². The minimum atomic E-state index is -0.190. The molecule has 0 atom stereocenters. The molecule has 0 amide bonds. The molecule has 0 bridgehead atoms. The smallest absolute Gasteiger partial charge is 0.126 e. The van der Waals surface area contributed by atoms with E-state index in [0.29, 0.717) is 12.0 Å². The molecule has 0 aromatic heterocycles. The van der Waals surface area contributed by atoms with Crippen LogP contribution in [0.3, 0.4) is 0 Å². The quantitative estimate of drug-likeness (QED) is 0.627. The summed E-state index contributed by atoms with van der Waals surface area (Å²) < 4.78 is 12.8. The molecular formula is C9H10FN. The largest absolute Gasteiger partial charge is 0.313 e. The van der Waals surface area contributed by atoms with Gasteiger partial charge in [0.1, 0.15) is 5.82 Å². The van der Waals surface area contributed by atoms with E-state index < -0.39 is 0 Å². The van der Waals surface area contributed by atoms with Gasteiger partial charge in [0.05, 0.1) is 0 Å². The molecule has 1 nitrogen and oxygen atoms in total. The van der Waals surface area contributed by atoms with Gasteiger partial charge in [-0.15, -0.1) is 0 Å². The molecule has 1 aromatic rings. The highest BCUT2D eigenvalue weighted by Crippen LogP contribution is 2.08. The third-order valence-corrected chi connectivity index (χ3v) is 1.57. The molecule has 0 aliphatic carbocycles. The van der Waals surface area contributed by atoms with Crippen LogP contribution in [0.2, 0.25) is 0 Å². The van der Waals surface area contributed by atoms with Gasteiger partial charge >= 0.3 is 0 Å². The van der Waals surface area contributed by atoms with E-state index in [1.54, 1.807) is 13.0 Å². The summed E-state index contributed by atoms with van der Waals surface area (Å²) >= 11 is 0. The highest BCUT2D eigenvalue weighted by Gasteiger charge is 1.96. The van der Waals surface area contributed by atoms with Crippen LogP contribution < -0.4 is 0 Å². The minimum Gasteiger partial charge on any atom is -0.313 e. The van der Waals surface area contributed by atoms with Crippen molar-refractivity contribution < 1.29 is 4.39 Å². The van der Waals surface area contributed by atoms with Gasteiger partial charge in [-0.2, -0.15) is 0 Å². The maximum atomic E-state index is 12.8. The normalized spacial score (nSPS) is 9.64. The topological polar surface area (TPSA) is 23.9 Å². The van der Waals surface area contributed by atoms with Crippen molar-refractivity contribution in [2.24, 2.45) is 0 Å². The maximum absolute atomic E-state index is 12.8. The maximum Gasteiger partial charge on any atom is 0.126 e. The summed E-state index contributed by atoms with van der Waals surface area (Å²) in [7, 11) is 0. The van der Waals surface area contributed by atoms with Crippen LogP contribution in [0.15, 0.2) is 18.2 Å². The summed E-state index contributed by atoms with van der Waals surface area (Å²) in [6.07, 6.45) is 1.78. The van der Waals surface area contributed by atoms with Crippen molar-refractivity contribution in [3.63, 3.8) is 0 Å². The second-order valence-electron chi connectivity index (χ2n) is 2.49. The molecule has 1 rings (SSSR count). The van der Waals surface area contributed by atoms with E-state index in [2.05, 4.69) is 0 Å². The zero-order chi connectivity index (χ0) is 8.27. The Morgan fingerprint density at radius 2 is 2.27 bits per heavy atom. The van der Waals surface area contributed by atoms with Crippen molar-refractivity contribution in [2.45, 2.75) is 13.3 Å². The number of rotatable bonds is 2. The lowest BCUT2D eigenvalue weighted by molar-refractivity contribution is 0.617. The zero-order valence-electron chi connectivity index (χ0n) is 6.39. The number of halogens is 1. The van der Waals surface area contributed by atoms with E-state index in [1.807, 2.05) is 6.07 Å². The van der Waals surface area contributed by atoms with E-state index in [1.165, 1.54) is 12.3 Å². The molecule has 0 aliphatic heterocycles. The number of nitrogens with one attached hydrogen (secondary N) is 1. The van der Waals surface area contributed by atoms with Gasteiger partial charge in [-0.25, -0.2) is 4.39 Å². The lowest BCUT2D eigenvalue weighted by atomic mass is 10.1. The molecule has 0 radical (unpaired) electrons. The first kappa shape index (κ1) is 7.92. The molecule has 58 valence electrons. The SMILES string of the molecule is Cc1ccc(CC=N)cc1F. The van der Waals surface area contributed by atoms with E-state index in [4.69, 9.17) is 5.41 Å². The molecule has 0 saturated heterocycles. The Kier molecular flexibility index (Phi) is 2.36. The van der Waals surface area contributed by atoms with E-state index in [9.17, 15) is 4.39 Å². The van der Waals surface area contributed by atoms with Gasteiger partial charge in [0.15, 0.2) is 0 Å². The lowest BCUT2D eigenvalue weighted by Crippen LogP contribution is -1.88. The molecule has 11 heavy (non-hydrogen) atoms. The van der Waals surface area contributed by atoms with Crippen LogP contribution in [0.25, 0.3) is 0 Å². The summed E-state index contributed by atoms with van der Waals surface area (Å²) in [6.45, 7) is 1.73. The van der Waals surface area contributed by atoms with Gasteiger partial charge in [0.2, 0.25) is 0 Å². The van der Waals surface area contributed by atoms with Gasteiger partial charge in [-0.3, -0.25) is 0 Å². The van der Waals surface area contributed by atoms with Crippen molar-refractivity contribution in [1.82, 2.24) is 0 Å². The predicted octanol–water partition coefficient (Wildman–Crippen LogP) is 2.33. The van der Waals surface area contributed by atoms with Crippen molar-refractivity contribution in [2.75, 3.05) is 0 Å². The molecule has 0 unspecified atom stereocenters. The molecule has 1 aromatic carbocycles. The molecule has 1 N–H and O–H groups in total. The molecular weight excluding hydrogens is 141 g/mol. The number of benzene rings is 1. The molecule has 2 heteroatoms. The van der Waals surface area contributed by atoms with Crippen LogP contribution in [0.5, 0.6) is 0 Å². The van der Waals surface area contributed by atoms with Crippen LogP contribution in [0, 0.1) is 18.2 Å².